The van der Waals surface area contributed by atoms with Gasteiger partial charge in [0.05, 0.1) is 7.11 Å². The van der Waals surface area contributed by atoms with Gasteiger partial charge in [-0.15, -0.1) is 0 Å². The Kier molecular flexibility index (Phi) is 3.75. The molecule has 0 bridgehead atoms. The van der Waals surface area contributed by atoms with Crippen LogP contribution in [0.5, 0.6) is 11.5 Å². The molecule has 0 radical (unpaired) electrons. The van der Waals surface area contributed by atoms with Gasteiger partial charge >= 0.3 is 0 Å². The first-order valence-corrected chi connectivity index (χ1v) is 6.75. The molecule has 0 saturated heterocycles. The Morgan fingerprint density at radius 3 is 3.05 bits per heavy atom. The number of fused-ring (bicyclic) bond motifs is 1. The Morgan fingerprint density at radius 1 is 1.29 bits per heavy atom. The molecule has 0 aliphatic carbocycles. The number of rotatable bonds is 5. The normalized spacial score (nSPS) is 10.9. The van der Waals surface area contributed by atoms with E-state index >= 15 is 0 Å². The number of nitrogens with one attached hydrogen (secondary N) is 2. The van der Waals surface area contributed by atoms with Crippen LogP contribution in [0.3, 0.4) is 0 Å². The van der Waals surface area contributed by atoms with Gasteiger partial charge in [-0.2, -0.15) is 0 Å². The molecule has 0 atom stereocenters. The summed E-state index contributed by atoms with van der Waals surface area (Å²) < 4.78 is 5.10. The van der Waals surface area contributed by atoms with Crippen LogP contribution in [0.25, 0.3) is 11.0 Å². The lowest BCUT2D eigenvalue weighted by molar-refractivity contribution is 0.373. The molecule has 2 aromatic heterocycles. The SMILES string of the molecule is COc1cc(CNCc2c[nH]c3ncccc23)ccc1O. The fourth-order valence-corrected chi connectivity index (χ4v) is 2.33. The molecule has 0 saturated carbocycles. The fraction of sp³-hybridized carbons (Fsp3) is 0.188. The van der Waals surface area contributed by atoms with E-state index in [2.05, 4.69) is 21.4 Å². The van der Waals surface area contributed by atoms with E-state index in [1.54, 1.807) is 19.4 Å². The van der Waals surface area contributed by atoms with Crippen LogP contribution < -0.4 is 10.1 Å². The van der Waals surface area contributed by atoms with Crippen molar-refractivity contribution in [3.8, 4) is 11.5 Å². The largest absolute Gasteiger partial charge is 0.504 e. The predicted molar refractivity (Wildman–Crippen MR) is 81.3 cm³/mol. The second-order valence-corrected chi connectivity index (χ2v) is 4.82. The number of nitrogens with zero attached hydrogens (tertiary/aromatic N) is 1. The smallest absolute Gasteiger partial charge is 0.160 e. The molecule has 0 amide bonds. The lowest BCUT2D eigenvalue weighted by atomic mass is 10.2. The number of aromatic hydroxyl groups is 1. The summed E-state index contributed by atoms with van der Waals surface area (Å²) in [6.45, 7) is 1.44. The summed E-state index contributed by atoms with van der Waals surface area (Å²) in [6, 6.07) is 9.34. The average molecular weight is 283 g/mol. The number of phenols is 1. The molecule has 0 fully saturated rings. The zero-order valence-corrected chi connectivity index (χ0v) is 11.8. The second-order valence-electron chi connectivity index (χ2n) is 4.82. The monoisotopic (exact) mass is 283 g/mol. The molecule has 0 spiro atoms. The highest BCUT2D eigenvalue weighted by molar-refractivity contribution is 5.79. The van der Waals surface area contributed by atoms with Crippen LogP contribution in [0.2, 0.25) is 0 Å². The Labute approximate surface area is 122 Å². The van der Waals surface area contributed by atoms with Crippen molar-refractivity contribution in [3.05, 3.63) is 53.9 Å². The zero-order valence-electron chi connectivity index (χ0n) is 11.8. The van der Waals surface area contributed by atoms with E-state index in [0.717, 1.165) is 23.1 Å². The molecule has 5 heteroatoms. The molecule has 108 valence electrons. The van der Waals surface area contributed by atoms with E-state index in [0.29, 0.717) is 12.3 Å². The summed E-state index contributed by atoms with van der Waals surface area (Å²) >= 11 is 0. The molecule has 0 aliphatic rings. The van der Waals surface area contributed by atoms with Crippen LogP contribution in [0.15, 0.2) is 42.7 Å². The van der Waals surface area contributed by atoms with E-state index in [9.17, 15) is 5.11 Å². The number of aromatic amines is 1. The van der Waals surface area contributed by atoms with Crippen molar-refractivity contribution >= 4 is 11.0 Å². The number of benzene rings is 1. The highest BCUT2D eigenvalue weighted by atomic mass is 16.5. The highest BCUT2D eigenvalue weighted by Crippen LogP contribution is 2.26. The lowest BCUT2D eigenvalue weighted by Crippen LogP contribution is -2.12. The molecule has 5 nitrogen and oxygen atoms in total. The topological polar surface area (TPSA) is 70.2 Å². The molecule has 3 N–H and O–H groups in total. The van der Waals surface area contributed by atoms with Crippen LogP contribution >= 0.6 is 0 Å². The summed E-state index contributed by atoms with van der Waals surface area (Å²) in [6.07, 6.45) is 3.75. The van der Waals surface area contributed by atoms with Gasteiger partial charge in [0.15, 0.2) is 11.5 Å². The van der Waals surface area contributed by atoms with Crippen LogP contribution in [0.1, 0.15) is 11.1 Å². The second kappa shape index (κ2) is 5.85. The van der Waals surface area contributed by atoms with E-state index < -0.39 is 0 Å². The molecule has 21 heavy (non-hydrogen) atoms. The number of H-pyrrole nitrogens is 1. The average Bonchev–Trinajstić information content (AvgIpc) is 2.92. The van der Waals surface area contributed by atoms with E-state index in [1.807, 2.05) is 24.4 Å². The minimum atomic E-state index is 0.156. The Hall–Kier alpha value is -2.53. The molecule has 3 rings (SSSR count). The van der Waals surface area contributed by atoms with Crippen molar-refractivity contribution in [1.29, 1.82) is 0 Å². The summed E-state index contributed by atoms with van der Waals surface area (Å²) in [5.41, 5.74) is 3.15. The maximum atomic E-state index is 9.57. The third-order valence-corrected chi connectivity index (χ3v) is 3.43. The third kappa shape index (κ3) is 2.83. The van der Waals surface area contributed by atoms with Crippen molar-refractivity contribution in [2.75, 3.05) is 7.11 Å². The molecular formula is C16H17N3O2. The van der Waals surface area contributed by atoms with Crippen LogP contribution in [0, 0.1) is 0 Å². The van der Waals surface area contributed by atoms with Gasteiger partial charge in [-0.3, -0.25) is 0 Å². The van der Waals surface area contributed by atoms with Gasteiger partial charge < -0.3 is 20.1 Å². The van der Waals surface area contributed by atoms with E-state index in [4.69, 9.17) is 4.74 Å². The fourth-order valence-electron chi connectivity index (χ4n) is 2.33. The number of methoxy groups -OCH3 is 1. The first kappa shape index (κ1) is 13.5. The number of aromatic nitrogens is 2. The van der Waals surface area contributed by atoms with Gasteiger partial charge in [-0.05, 0) is 35.4 Å². The predicted octanol–water partition coefficient (Wildman–Crippen LogP) is 2.57. The Morgan fingerprint density at radius 2 is 2.19 bits per heavy atom. The van der Waals surface area contributed by atoms with Crippen LogP contribution in [0.4, 0.5) is 0 Å². The Balaban J connectivity index is 1.66. The molecule has 1 aromatic carbocycles. The molecule has 0 aliphatic heterocycles. The van der Waals surface area contributed by atoms with Gasteiger partial charge in [0, 0.05) is 30.9 Å². The van der Waals surface area contributed by atoms with Crippen molar-refractivity contribution in [2.24, 2.45) is 0 Å². The van der Waals surface area contributed by atoms with Gasteiger partial charge in [0.25, 0.3) is 0 Å². The standard InChI is InChI=1S/C16H17N3O2/c1-21-15-7-11(4-5-14(15)20)8-17-9-12-10-19-16-13(12)3-2-6-18-16/h2-7,10,17,20H,8-9H2,1H3,(H,18,19). The van der Waals surface area contributed by atoms with E-state index in [-0.39, 0.29) is 5.75 Å². The number of ether oxygens (including phenoxy) is 1. The van der Waals surface area contributed by atoms with Crippen molar-refractivity contribution in [1.82, 2.24) is 15.3 Å². The first-order chi connectivity index (χ1) is 10.3. The third-order valence-electron chi connectivity index (χ3n) is 3.43. The summed E-state index contributed by atoms with van der Waals surface area (Å²) in [5.74, 6) is 0.648. The Bertz CT molecular complexity index is 752. The maximum absolute atomic E-state index is 9.57. The first-order valence-electron chi connectivity index (χ1n) is 6.75. The van der Waals surface area contributed by atoms with Crippen molar-refractivity contribution in [2.45, 2.75) is 13.1 Å². The highest BCUT2D eigenvalue weighted by Gasteiger charge is 2.05. The minimum absolute atomic E-state index is 0.156. The number of hydrogen-bond donors (Lipinski definition) is 3. The van der Waals surface area contributed by atoms with Gasteiger partial charge in [-0.1, -0.05) is 6.07 Å². The van der Waals surface area contributed by atoms with Crippen LogP contribution in [-0.2, 0) is 13.1 Å². The van der Waals surface area contributed by atoms with Gasteiger partial charge in [-0.25, -0.2) is 4.98 Å². The molecule has 3 aromatic rings. The molecular weight excluding hydrogens is 266 g/mol. The van der Waals surface area contributed by atoms with E-state index in [1.165, 1.54) is 5.56 Å². The number of pyridine rings is 1. The van der Waals surface area contributed by atoms with Crippen LogP contribution in [-0.4, -0.2) is 22.2 Å². The zero-order chi connectivity index (χ0) is 14.7. The summed E-state index contributed by atoms with van der Waals surface area (Å²) in [7, 11) is 1.55. The number of phenolic OH excluding ortho intramolecular Hbond substituents is 1. The minimum Gasteiger partial charge on any atom is -0.504 e. The summed E-state index contributed by atoms with van der Waals surface area (Å²) in [4.78, 5) is 7.43. The van der Waals surface area contributed by atoms with Gasteiger partial charge in [0.1, 0.15) is 5.65 Å². The number of hydrogen-bond acceptors (Lipinski definition) is 4. The molecule has 0 unspecified atom stereocenters. The lowest BCUT2D eigenvalue weighted by Gasteiger charge is -2.08. The quantitative estimate of drug-likeness (QED) is 0.673. The molecule has 2 heterocycles. The maximum Gasteiger partial charge on any atom is 0.160 e. The van der Waals surface area contributed by atoms with Crippen molar-refractivity contribution in [3.63, 3.8) is 0 Å². The van der Waals surface area contributed by atoms with Gasteiger partial charge in [0.2, 0.25) is 0 Å². The summed E-state index contributed by atoms with van der Waals surface area (Å²) in [5, 5.41) is 14.1. The van der Waals surface area contributed by atoms with Crippen molar-refractivity contribution < 1.29 is 9.84 Å².